The Bertz CT molecular complexity index is 237. The molecule has 0 spiro atoms. The van der Waals surface area contributed by atoms with Crippen molar-refractivity contribution in [2.75, 3.05) is 13.1 Å². The first-order valence-electron chi connectivity index (χ1n) is 5.32. The van der Waals surface area contributed by atoms with Crippen molar-refractivity contribution in [2.45, 2.75) is 32.2 Å². The van der Waals surface area contributed by atoms with Crippen LogP contribution in [0, 0.1) is 5.92 Å². The van der Waals surface area contributed by atoms with E-state index in [1.807, 2.05) is 0 Å². The summed E-state index contributed by atoms with van der Waals surface area (Å²) in [6.45, 7) is 3.35. The average molecular weight is 214 g/mol. The van der Waals surface area contributed by atoms with Crippen molar-refractivity contribution in [3.05, 3.63) is 0 Å². The van der Waals surface area contributed by atoms with Crippen molar-refractivity contribution in [1.29, 1.82) is 0 Å². The molecule has 2 atom stereocenters. The molecule has 1 heterocycles. The smallest absolute Gasteiger partial charge is 0.325 e. The van der Waals surface area contributed by atoms with Gasteiger partial charge in [-0.25, -0.2) is 0 Å². The van der Waals surface area contributed by atoms with E-state index in [0.29, 0.717) is 12.3 Å². The molecule has 1 amide bonds. The van der Waals surface area contributed by atoms with Crippen LogP contribution in [0.1, 0.15) is 26.2 Å². The second-order valence-electron chi connectivity index (χ2n) is 4.04. The molecule has 1 aliphatic rings. The second-order valence-corrected chi connectivity index (χ2v) is 4.04. The number of carbonyl (C=O) groups is 2. The van der Waals surface area contributed by atoms with Gasteiger partial charge in [0.2, 0.25) is 5.91 Å². The topological polar surface area (TPSA) is 78.4 Å². The predicted molar refractivity (Wildman–Crippen MR) is 55.5 cm³/mol. The lowest BCUT2D eigenvalue weighted by atomic mass is 9.96. The van der Waals surface area contributed by atoms with Crippen molar-refractivity contribution in [2.24, 2.45) is 5.92 Å². The molecule has 1 aliphatic heterocycles. The van der Waals surface area contributed by atoms with E-state index in [0.717, 1.165) is 25.9 Å². The van der Waals surface area contributed by atoms with E-state index in [1.54, 1.807) is 0 Å². The monoisotopic (exact) mass is 214 g/mol. The van der Waals surface area contributed by atoms with Gasteiger partial charge in [0.15, 0.2) is 0 Å². The van der Waals surface area contributed by atoms with Crippen LogP contribution in [0.4, 0.5) is 0 Å². The first-order valence-corrected chi connectivity index (χ1v) is 5.32. The average Bonchev–Trinajstić information content (AvgIpc) is 2.18. The van der Waals surface area contributed by atoms with E-state index in [2.05, 4.69) is 10.6 Å². The van der Waals surface area contributed by atoms with Gasteiger partial charge in [0, 0.05) is 6.42 Å². The lowest BCUT2D eigenvalue weighted by Crippen LogP contribution is -2.40. The van der Waals surface area contributed by atoms with Gasteiger partial charge in [-0.05, 0) is 38.8 Å². The van der Waals surface area contributed by atoms with E-state index in [9.17, 15) is 9.59 Å². The number of amides is 1. The van der Waals surface area contributed by atoms with Gasteiger partial charge in [0.1, 0.15) is 6.04 Å². The maximum atomic E-state index is 11.4. The number of aliphatic carboxylic acids is 1. The Morgan fingerprint density at radius 1 is 1.60 bits per heavy atom. The summed E-state index contributed by atoms with van der Waals surface area (Å²) < 4.78 is 0. The van der Waals surface area contributed by atoms with E-state index < -0.39 is 12.0 Å². The Labute approximate surface area is 89.2 Å². The molecule has 0 aromatic rings. The molecule has 0 bridgehead atoms. The minimum Gasteiger partial charge on any atom is -0.480 e. The SMILES string of the molecule is CC(NC(=O)CC1CCCNC1)C(=O)O. The van der Waals surface area contributed by atoms with E-state index in [4.69, 9.17) is 5.11 Å². The number of hydrogen-bond acceptors (Lipinski definition) is 3. The Balaban J connectivity index is 2.25. The van der Waals surface area contributed by atoms with Crippen LogP contribution >= 0.6 is 0 Å². The van der Waals surface area contributed by atoms with Crippen molar-refractivity contribution in [3.8, 4) is 0 Å². The summed E-state index contributed by atoms with van der Waals surface area (Å²) >= 11 is 0. The lowest BCUT2D eigenvalue weighted by Gasteiger charge is -2.22. The zero-order valence-electron chi connectivity index (χ0n) is 8.95. The molecule has 2 unspecified atom stereocenters. The van der Waals surface area contributed by atoms with Gasteiger partial charge in [-0.2, -0.15) is 0 Å². The molecular formula is C10H18N2O3. The van der Waals surface area contributed by atoms with Crippen molar-refractivity contribution < 1.29 is 14.7 Å². The zero-order chi connectivity index (χ0) is 11.3. The van der Waals surface area contributed by atoms with Crippen molar-refractivity contribution in [1.82, 2.24) is 10.6 Å². The molecule has 0 radical (unpaired) electrons. The summed E-state index contributed by atoms with van der Waals surface area (Å²) in [6.07, 6.45) is 2.55. The normalized spacial score (nSPS) is 23.1. The van der Waals surface area contributed by atoms with Gasteiger partial charge in [0.25, 0.3) is 0 Å². The maximum absolute atomic E-state index is 11.4. The Morgan fingerprint density at radius 3 is 2.87 bits per heavy atom. The molecule has 0 aliphatic carbocycles. The predicted octanol–water partition coefficient (Wildman–Crippen LogP) is -0.0346. The largest absolute Gasteiger partial charge is 0.480 e. The van der Waals surface area contributed by atoms with E-state index in [-0.39, 0.29) is 5.91 Å². The number of nitrogens with one attached hydrogen (secondary N) is 2. The minimum absolute atomic E-state index is 0.168. The molecule has 5 heteroatoms. The molecule has 86 valence electrons. The first kappa shape index (κ1) is 12.0. The number of carboxylic acids is 1. The first-order chi connectivity index (χ1) is 7.09. The van der Waals surface area contributed by atoms with Crippen molar-refractivity contribution in [3.63, 3.8) is 0 Å². The van der Waals surface area contributed by atoms with Gasteiger partial charge in [0.05, 0.1) is 0 Å². The maximum Gasteiger partial charge on any atom is 0.325 e. The molecule has 5 nitrogen and oxygen atoms in total. The Morgan fingerprint density at radius 2 is 2.33 bits per heavy atom. The molecule has 0 aromatic heterocycles. The third-order valence-electron chi connectivity index (χ3n) is 2.62. The molecule has 0 saturated carbocycles. The summed E-state index contributed by atoms with van der Waals surface area (Å²) in [6, 6.07) is -0.797. The highest BCUT2D eigenvalue weighted by atomic mass is 16.4. The zero-order valence-corrected chi connectivity index (χ0v) is 8.95. The summed E-state index contributed by atoms with van der Waals surface area (Å²) in [5.74, 6) is -0.816. The van der Waals surface area contributed by atoms with Crippen LogP contribution in [-0.4, -0.2) is 36.1 Å². The molecular weight excluding hydrogens is 196 g/mol. The van der Waals surface area contributed by atoms with Crippen LogP contribution in [0.15, 0.2) is 0 Å². The summed E-state index contributed by atoms with van der Waals surface area (Å²) in [5, 5.41) is 14.3. The fraction of sp³-hybridized carbons (Fsp3) is 0.800. The summed E-state index contributed by atoms with van der Waals surface area (Å²) in [4.78, 5) is 21.9. The Kier molecular flexibility index (Phi) is 4.55. The molecule has 15 heavy (non-hydrogen) atoms. The highest BCUT2D eigenvalue weighted by molar-refractivity contribution is 5.83. The molecule has 0 aromatic carbocycles. The van der Waals surface area contributed by atoms with Crippen molar-refractivity contribution >= 4 is 11.9 Å². The molecule has 1 saturated heterocycles. The molecule has 1 rings (SSSR count). The van der Waals surface area contributed by atoms with Crippen LogP contribution < -0.4 is 10.6 Å². The lowest BCUT2D eigenvalue weighted by molar-refractivity contribution is -0.141. The van der Waals surface area contributed by atoms with Crippen LogP contribution in [0.2, 0.25) is 0 Å². The van der Waals surface area contributed by atoms with Gasteiger partial charge >= 0.3 is 5.97 Å². The van der Waals surface area contributed by atoms with E-state index >= 15 is 0 Å². The third kappa shape index (κ3) is 4.29. The molecule has 3 N–H and O–H groups in total. The minimum atomic E-state index is -0.995. The van der Waals surface area contributed by atoms with Gasteiger partial charge in [-0.1, -0.05) is 0 Å². The van der Waals surface area contributed by atoms with Gasteiger partial charge in [-0.15, -0.1) is 0 Å². The second kappa shape index (κ2) is 5.70. The number of carboxylic acid groups (broad SMARTS) is 1. The highest BCUT2D eigenvalue weighted by Gasteiger charge is 2.19. The number of rotatable bonds is 4. The summed E-state index contributed by atoms with van der Waals surface area (Å²) in [5.41, 5.74) is 0. The number of piperidine rings is 1. The standard InChI is InChI=1S/C10H18N2O3/c1-7(10(14)15)12-9(13)5-8-3-2-4-11-6-8/h7-8,11H,2-6H2,1H3,(H,12,13)(H,14,15). The fourth-order valence-electron chi connectivity index (χ4n) is 1.72. The van der Waals surface area contributed by atoms with Gasteiger partial charge < -0.3 is 15.7 Å². The van der Waals surface area contributed by atoms with E-state index in [1.165, 1.54) is 6.92 Å². The third-order valence-corrected chi connectivity index (χ3v) is 2.62. The van der Waals surface area contributed by atoms with Gasteiger partial charge in [-0.3, -0.25) is 9.59 Å². The molecule has 1 fully saturated rings. The summed E-state index contributed by atoms with van der Waals surface area (Å²) in [7, 11) is 0. The number of hydrogen-bond donors (Lipinski definition) is 3. The fourth-order valence-corrected chi connectivity index (χ4v) is 1.72. The number of carbonyl (C=O) groups excluding carboxylic acids is 1. The van der Waals surface area contributed by atoms with Crippen LogP contribution in [0.5, 0.6) is 0 Å². The quantitative estimate of drug-likeness (QED) is 0.614. The Hall–Kier alpha value is -1.10. The van der Waals surface area contributed by atoms with Crippen LogP contribution in [-0.2, 0) is 9.59 Å². The van der Waals surface area contributed by atoms with Crippen LogP contribution in [0.3, 0.4) is 0 Å². The van der Waals surface area contributed by atoms with Crippen LogP contribution in [0.25, 0.3) is 0 Å². The highest BCUT2D eigenvalue weighted by Crippen LogP contribution is 2.13.